The minimum Gasteiger partial charge on any atom is -0.480 e. The number of ether oxygens (including phenoxy) is 3. The maximum atomic E-state index is 12.8. The van der Waals surface area contributed by atoms with Crippen LogP contribution in [0.4, 0.5) is 0 Å². The second kappa shape index (κ2) is 15.6. The van der Waals surface area contributed by atoms with E-state index in [0.717, 1.165) is 19.3 Å². The molecule has 9 heteroatoms. The van der Waals surface area contributed by atoms with Crippen LogP contribution in [-0.2, 0) is 30.3 Å². The van der Waals surface area contributed by atoms with Crippen molar-refractivity contribution in [3.8, 4) is 11.5 Å². The van der Waals surface area contributed by atoms with Crippen LogP contribution in [0.2, 0.25) is 0 Å². The Morgan fingerprint density at radius 1 is 0.897 bits per heavy atom. The van der Waals surface area contributed by atoms with E-state index >= 15 is 0 Å². The molecule has 0 heterocycles. The van der Waals surface area contributed by atoms with Gasteiger partial charge in [-0.25, -0.2) is 0 Å². The summed E-state index contributed by atoms with van der Waals surface area (Å²) in [6.07, 6.45) is 3.70. The highest BCUT2D eigenvalue weighted by molar-refractivity contribution is 5.81. The molecule has 0 saturated heterocycles. The number of carboxylic acids is 1. The van der Waals surface area contributed by atoms with Crippen molar-refractivity contribution in [3.05, 3.63) is 23.8 Å². The lowest BCUT2D eigenvalue weighted by Crippen LogP contribution is -2.42. The third kappa shape index (κ3) is 11.4. The number of nitrogens with one attached hydrogen (secondary N) is 1. The van der Waals surface area contributed by atoms with Gasteiger partial charge in [0.1, 0.15) is 12.1 Å². The van der Waals surface area contributed by atoms with Gasteiger partial charge in [-0.2, -0.15) is 0 Å². The number of esters is 3. The van der Waals surface area contributed by atoms with Crippen LogP contribution in [0.1, 0.15) is 99.5 Å². The lowest BCUT2D eigenvalue weighted by molar-refractivity contribution is -0.148. The first-order chi connectivity index (χ1) is 18.2. The van der Waals surface area contributed by atoms with Gasteiger partial charge < -0.3 is 24.6 Å². The summed E-state index contributed by atoms with van der Waals surface area (Å²) in [5.41, 5.74) is -0.947. The minimum atomic E-state index is -1.08. The minimum absolute atomic E-state index is 0.0535. The lowest BCUT2D eigenvalue weighted by Gasteiger charge is -2.24. The van der Waals surface area contributed by atoms with Gasteiger partial charge in [-0.05, 0) is 78.0 Å². The Morgan fingerprint density at radius 3 is 1.97 bits per heavy atom. The molecule has 0 aliphatic carbocycles. The van der Waals surface area contributed by atoms with Crippen molar-refractivity contribution < 1.29 is 38.5 Å². The number of hydrogen-bond acceptors (Lipinski definition) is 8. The average molecular weight is 550 g/mol. The van der Waals surface area contributed by atoms with Crippen molar-refractivity contribution in [2.75, 3.05) is 6.54 Å². The van der Waals surface area contributed by atoms with E-state index in [-0.39, 0.29) is 30.4 Å². The Morgan fingerprint density at radius 2 is 1.46 bits per heavy atom. The largest absolute Gasteiger partial charge is 0.480 e. The number of carbonyl (C=O) groups is 4. The predicted octanol–water partition coefficient (Wildman–Crippen LogP) is 5.47. The molecule has 1 unspecified atom stereocenters. The molecule has 0 amide bonds. The van der Waals surface area contributed by atoms with Gasteiger partial charge >= 0.3 is 23.9 Å². The van der Waals surface area contributed by atoms with E-state index in [1.807, 2.05) is 13.8 Å². The molecule has 2 N–H and O–H groups in total. The fourth-order valence-electron chi connectivity index (χ4n) is 3.24. The normalized spacial score (nSPS) is 13.3. The second-order valence-corrected chi connectivity index (χ2v) is 11.3. The molecule has 0 fully saturated rings. The maximum Gasteiger partial charge on any atom is 0.321 e. The Bertz CT molecular complexity index is 985. The van der Waals surface area contributed by atoms with Crippen molar-refractivity contribution in [2.24, 2.45) is 10.8 Å². The summed E-state index contributed by atoms with van der Waals surface area (Å²) in [6, 6.07) is 3.69. The van der Waals surface area contributed by atoms with E-state index in [4.69, 9.17) is 14.2 Å². The van der Waals surface area contributed by atoms with E-state index < -0.39 is 40.9 Å². The van der Waals surface area contributed by atoms with Gasteiger partial charge in [-0.15, -0.1) is 0 Å². The molecule has 0 aromatic heterocycles. The number of aliphatic carboxylic acids is 1. The molecule has 2 atom stereocenters. The quantitative estimate of drug-likeness (QED) is 0.148. The Balaban J connectivity index is 3.08. The summed E-state index contributed by atoms with van der Waals surface area (Å²) in [5, 5.41) is 12.7. The molecule has 220 valence electrons. The van der Waals surface area contributed by atoms with Crippen molar-refractivity contribution in [3.63, 3.8) is 0 Å². The predicted molar refractivity (Wildman–Crippen MR) is 149 cm³/mol. The summed E-state index contributed by atoms with van der Waals surface area (Å²) < 4.78 is 16.7. The molecule has 0 saturated carbocycles. The lowest BCUT2D eigenvalue weighted by atomic mass is 9.90. The maximum absolute atomic E-state index is 12.8. The van der Waals surface area contributed by atoms with Gasteiger partial charge in [0.05, 0.1) is 10.8 Å². The van der Waals surface area contributed by atoms with Gasteiger partial charge in [0.15, 0.2) is 11.5 Å². The first kappa shape index (κ1) is 34.1. The molecule has 1 rings (SSSR count). The van der Waals surface area contributed by atoms with Crippen molar-refractivity contribution >= 4 is 23.9 Å². The van der Waals surface area contributed by atoms with Crippen LogP contribution in [0.5, 0.6) is 11.5 Å². The molecular weight excluding hydrogens is 502 g/mol. The van der Waals surface area contributed by atoms with E-state index in [1.54, 1.807) is 40.7 Å². The zero-order valence-corrected chi connectivity index (χ0v) is 24.8. The number of carboxylic acid groups (broad SMARTS) is 1. The SMILES string of the molecule is CCCCCC(=O)OC(C)CN[C@@H](Cc1ccc(OC(=O)C(C)(C)CC)c(OC(=O)C(C)(C)CC)c1)C(=O)O. The van der Waals surface area contributed by atoms with Gasteiger partial charge in [-0.3, -0.25) is 19.2 Å². The van der Waals surface area contributed by atoms with E-state index in [1.165, 1.54) is 12.1 Å². The molecule has 0 radical (unpaired) electrons. The Labute approximate surface area is 233 Å². The summed E-state index contributed by atoms with van der Waals surface area (Å²) in [5.74, 6) is -2.19. The number of hydrogen-bond donors (Lipinski definition) is 2. The smallest absolute Gasteiger partial charge is 0.321 e. The highest BCUT2D eigenvalue weighted by Gasteiger charge is 2.31. The van der Waals surface area contributed by atoms with Crippen LogP contribution in [-0.4, -0.2) is 47.7 Å². The van der Waals surface area contributed by atoms with Crippen LogP contribution in [0.25, 0.3) is 0 Å². The van der Waals surface area contributed by atoms with Crippen LogP contribution in [0.15, 0.2) is 18.2 Å². The highest BCUT2D eigenvalue weighted by atomic mass is 16.6. The molecule has 9 nitrogen and oxygen atoms in total. The van der Waals surface area contributed by atoms with E-state index in [9.17, 15) is 24.3 Å². The van der Waals surface area contributed by atoms with Crippen LogP contribution in [0.3, 0.4) is 0 Å². The van der Waals surface area contributed by atoms with Crippen molar-refractivity contribution in [1.82, 2.24) is 5.32 Å². The van der Waals surface area contributed by atoms with Crippen LogP contribution < -0.4 is 14.8 Å². The molecule has 39 heavy (non-hydrogen) atoms. The number of benzene rings is 1. The van der Waals surface area contributed by atoms with Gasteiger partial charge in [-0.1, -0.05) is 39.7 Å². The fourth-order valence-corrected chi connectivity index (χ4v) is 3.24. The average Bonchev–Trinajstić information content (AvgIpc) is 2.87. The summed E-state index contributed by atoms with van der Waals surface area (Å²) in [6.45, 7) is 14.7. The molecule has 0 bridgehead atoms. The summed E-state index contributed by atoms with van der Waals surface area (Å²) >= 11 is 0. The summed E-state index contributed by atoms with van der Waals surface area (Å²) in [7, 11) is 0. The Kier molecular flexibility index (Phi) is 13.6. The first-order valence-corrected chi connectivity index (χ1v) is 13.9. The number of rotatable bonds is 17. The van der Waals surface area contributed by atoms with Gasteiger partial charge in [0, 0.05) is 13.0 Å². The zero-order chi connectivity index (χ0) is 29.8. The Hall–Kier alpha value is -2.94. The molecule has 0 aliphatic rings. The highest BCUT2D eigenvalue weighted by Crippen LogP contribution is 2.34. The first-order valence-electron chi connectivity index (χ1n) is 13.9. The molecule has 0 aliphatic heterocycles. The van der Waals surface area contributed by atoms with Gasteiger partial charge in [0.2, 0.25) is 0 Å². The van der Waals surface area contributed by atoms with Crippen molar-refractivity contribution in [2.45, 2.75) is 112 Å². The third-order valence-corrected chi connectivity index (χ3v) is 6.99. The topological polar surface area (TPSA) is 128 Å². The monoisotopic (exact) mass is 549 g/mol. The molecular formula is C30H47NO8. The standard InChI is InChI=1S/C30H47NO8/c1-9-12-13-14-25(32)37-20(4)19-31-22(26(33)34)17-21-15-16-23(38-27(35)29(5,6)10-2)24(18-21)39-28(36)30(7,8)11-3/h15-16,18,20,22,31H,9-14,17,19H2,1-8H3,(H,33,34)/t20?,22-/m0/s1. The second-order valence-electron chi connectivity index (χ2n) is 11.3. The van der Waals surface area contributed by atoms with Crippen LogP contribution >= 0.6 is 0 Å². The van der Waals surface area contributed by atoms with E-state index in [2.05, 4.69) is 12.2 Å². The van der Waals surface area contributed by atoms with E-state index in [0.29, 0.717) is 24.8 Å². The fraction of sp³-hybridized carbons (Fsp3) is 0.667. The molecule has 1 aromatic carbocycles. The molecule has 1 aromatic rings. The van der Waals surface area contributed by atoms with Crippen LogP contribution in [0, 0.1) is 10.8 Å². The number of unbranched alkanes of at least 4 members (excludes halogenated alkanes) is 2. The number of carbonyl (C=O) groups excluding carboxylic acids is 3. The third-order valence-electron chi connectivity index (χ3n) is 6.99. The zero-order valence-electron chi connectivity index (χ0n) is 24.8. The summed E-state index contributed by atoms with van der Waals surface area (Å²) in [4.78, 5) is 49.5. The van der Waals surface area contributed by atoms with Crippen molar-refractivity contribution in [1.29, 1.82) is 0 Å². The molecule has 0 spiro atoms. The van der Waals surface area contributed by atoms with Gasteiger partial charge in [0.25, 0.3) is 0 Å².